The SMILES string of the molecule is CNC(Cc1cc(C)ccc1OC)CC1CCC1. The number of benzene rings is 1. The van der Waals surface area contributed by atoms with Crippen LogP contribution in [0.15, 0.2) is 18.2 Å². The van der Waals surface area contributed by atoms with Crippen molar-refractivity contribution in [3.05, 3.63) is 29.3 Å². The van der Waals surface area contributed by atoms with Crippen molar-refractivity contribution in [2.24, 2.45) is 5.92 Å². The smallest absolute Gasteiger partial charge is 0.122 e. The largest absolute Gasteiger partial charge is 0.496 e. The molecule has 0 aliphatic heterocycles. The van der Waals surface area contributed by atoms with Gasteiger partial charge in [-0.2, -0.15) is 0 Å². The molecule has 1 saturated carbocycles. The van der Waals surface area contributed by atoms with Crippen molar-refractivity contribution >= 4 is 0 Å². The lowest BCUT2D eigenvalue weighted by Crippen LogP contribution is -2.32. The lowest BCUT2D eigenvalue weighted by molar-refractivity contribution is 0.262. The van der Waals surface area contributed by atoms with Crippen LogP contribution < -0.4 is 10.1 Å². The summed E-state index contributed by atoms with van der Waals surface area (Å²) in [4.78, 5) is 0. The molecule has 1 aliphatic carbocycles. The van der Waals surface area contributed by atoms with Gasteiger partial charge in [0.25, 0.3) is 0 Å². The zero-order valence-corrected chi connectivity index (χ0v) is 11.8. The first-order valence-electron chi connectivity index (χ1n) is 7.03. The molecule has 100 valence electrons. The minimum absolute atomic E-state index is 0.575. The molecule has 0 amide bonds. The fourth-order valence-corrected chi connectivity index (χ4v) is 2.77. The van der Waals surface area contributed by atoms with Crippen molar-refractivity contribution in [1.82, 2.24) is 5.32 Å². The summed E-state index contributed by atoms with van der Waals surface area (Å²) in [6.45, 7) is 2.14. The Kier molecular flexibility index (Phi) is 4.65. The van der Waals surface area contributed by atoms with Crippen molar-refractivity contribution < 1.29 is 4.74 Å². The van der Waals surface area contributed by atoms with E-state index < -0.39 is 0 Å². The molecule has 2 rings (SSSR count). The highest BCUT2D eigenvalue weighted by molar-refractivity contribution is 5.37. The molecule has 1 N–H and O–H groups in total. The first-order chi connectivity index (χ1) is 8.72. The van der Waals surface area contributed by atoms with Gasteiger partial charge in [0.2, 0.25) is 0 Å². The van der Waals surface area contributed by atoms with Crippen LogP contribution in [0.25, 0.3) is 0 Å². The van der Waals surface area contributed by atoms with Crippen molar-refractivity contribution in [3.63, 3.8) is 0 Å². The van der Waals surface area contributed by atoms with Gasteiger partial charge in [-0.3, -0.25) is 0 Å². The highest BCUT2D eigenvalue weighted by atomic mass is 16.5. The van der Waals surface area contributed by atoms with Crippen LogP contribution in [0.3, 0.4) is 0 Å². The van der Waals surface area contributed by atoms with E-state index in [1.54, 1.807) is 7.11 Å². The Labute approximate surface area is 111 Å². The Morgan fingerprint density at radius 2 is 2.17 bits per heavy atom. The van der Waals surface area contributed by atoms with E-state index in [1.807, 2.05) is 0 Å². The number of hydrogen-bond donors (Lipinski definition) is 1. The molecule has 18 heavy (non-hydrogen) atoms. The molecular formula is C16H25NO. The maximum Gasteiger partial charge on any atom is 0.122 e. The van der Waals surface area contributed by atoms with E-state index >= 15 is 0 Å². The van der Waals surface area contributed by atoms with Gasteiger partial charge in [-0.1, -0.05) is 37.0 Å². The van der Waals surface area contributed by atoms with Crippen LogP contribution >= 0.6 is 0 Å². The van der Waals surface area contributed by atoms with Crippen molar-refractivity contribution in [3.8, 4) is 5.75 Å². The Morgan fingerprint density at radius 1 is 1.39 bits per heavy atom. The number of ether oxygens (including phenoxy) is 1. The second kappa shape index (κ2) is 6.24. The van der Waals surface area contributed by atoms with E-state index in [0.29, 0.717) is 6.04 Å². The third-order valence-electron chi connectivity index (χ3n) is 4.15. The lowest BCUT2D eigenvalue weighted by atomic mass is 9.80. The summed E-state index contributed by atoms with van der Waals surface area (Å²) in [5.41, 5.74) is 2.64. The quantitative estimate of drug-likeness (QED) is 0.832. The van der Waals surface area contributed by atoms with Gasteiger partial charge in [-0.05, 0) is 44.4 Å². The van der Waals surface area contributed by atoms with Crippen LogP contribution in [0.5, 0.6) is 5.75 Å². The Balaban J connectivity index is 2.02. The monoisotopic (exact) mass is 247 g/mol. The Bertz CT molecular complexity index is 385. The van der Waals surface area contributed by atoms with Gasteiger partial charge in [0.15, 0.2) is 0 Å². The maximum atomic E-state index is 5.46. The summed E-state index contributed by atoms with van der Waals surface area (Å²) in [7, 11) is 3.83. The van der Waals surface area contributed by atoms with Gasteiger partial charge >= 0.3 is 0 Å². The van der Waals surface area contributed by atoms with Gasteiger partial charge in [0.1, 0.15) is 5.75 Å². The van der Waals surface area contributed by atoms with E-state index in [0.717, 1.165) is 18.1 Å². The maximum absolute atomic E-state index is 5.46. The minimum atomic E-state index is 0.575. The molecule has 1 aliphatic rings. The van der Waals surface area contributed by atoms with Crippen LogP contribution in [0.4, 0.5) is 0 Å². The molecular weight excluding hydrogens is 222 g/mol. The molecule has 1 atom stereocenters. The van der Waals surface area contributed by atoms with E-state index in [1.165, 1.54) is 36.8 Å². The minimum Gasteiger partial charge on any atom is -0.496 e. The molecule has 0 spiro atoms. The molecule has 0 heterocycles. The fourth-order valence-electron chi connectivity index (χ4n) is 2.77. The summed E-state index contributed by atoms with van der Waals surface area (Å²) in [5, 5.41) is 3.46. The molecule has 1 aromatic carbocycles. The van der Waals surface area contributed by atoms with E-state index in [4.69, 9.17) is 4.74 Å². The van der Waals surface area contributed by atoms with Gasteiger partial charge in [0, 0.05) is 6.04 Å². The molecule has 2 heteroatoms. The molecule has 1 aromatic rings. The highest BCUT2D eigenvalue weighted by Crippen LogP contribution is 2.32. The standard InChI is InChI=1S/C16H25NO/c1-12-7-8-16(18-3)14(9-12)11-15(17-2)10-13-5-4-6-13/h7-9,13,15,17H,4-6,10-11H2,1-3H3. The van der Waals surface area contributed by atoms with Gasteiger partial charge in [-0.15, -0.1) is 0 Å². The second-order valence-electron chi connectivity index (χ2n) is 5.54. The van der Waals surface area contributed by atoms with Gasteiger partial charge in [0.05, 0.1) is 7.11 Å². The Morgan fingerprint density at radius 3 is 2.72 bits per heavy atom. The third-order valence-corrected chi connectivity index (χ3v) is 4.15. The zero-order valence-electron chi connectivity index (χ0n) is 11.8. The topological polar surface area (TPSA) is 21.3 Å². The highest BCUT2D eigenvalue weighted by Gasteiger charge is 2.22. The number of likely N-dealkylation sites (N-methyl/N-ethyl adjacent to an activating group) is 1. The molecule has 2 nitrogen and oxygen atoms in total. The number of rotatable bonds is 6. The first-order valence-corrected chi connectivity index (χ1v) is 7.03. The second-order valence-corrected chi connectivity index (χ2v) is 5.54. The van der Waals surface area contributed by atoms with Gasteiger partial charge < -0.3 is 10.1 Å². The predicted octanol–water partition coefficient (Wildman–Crippen LogP) is 3.32. The summed E-state index contributed by atoms with van der Waals surface area (Å²) in [5.74, 6) is 1.97. The van der Waals surface area contributed by atoms with E-state index in [2.05, 4.69) is 37.5 Å². The third kappa shape index (κ3) is 3.26. The van der Waals surface area contributed by atoms with Crippen LogP contribution in [0.1, 0.15) is 36.8 Å². The van der Waals surface area contributed by atoms with Gasteiger partial charge in [-0.25, -0.2) is 0 Å². The summed E-state index contributed by atoms with van der Waals surface area (Å²) in [6, 6.07) is 7.03. The molecule has 0 saturated heterocycles. The fraction of sp³-hybridized carbons (Fsp3) is 0.625. The van der Waals surface area contributed by atoms with Crippen LogP contribution in [-0.4, -0.2) is 20.2 Å². The summed E-state index contributed by atoms with van der Waals surface area (Å²) in [6.07, 6.45) is 6.63. The normalized spacial score (nSPS) is 17.3. The van der Waals surface area contributed by atoms with Crippen molar-refractivity contribution in [2.45, 2.75) is 45.1 Å². The van der Waals surface area contributed by atoms with E-state index in [-0.39, 0.29) is 0 Å². The number of aryl methyl sites for hydroxylation is 1. The van der Waals surface area contributed by atoms with Crippen molar-refractivity contribution in [1.29, 1.82) is 0 Å². The van der Waals surface area contributed by atoms with Crippen LogP contribution in [0.2, 0.25) is 0 Å². The van der Waals surface area contributed by atoms with Crippen LogP contribution in [0, 0.1) is 12.8 Å². The molecule has 0 radical (unpaired) electrons. The molecule has 0 aromatic heterocycles. The average molecular weight is 247 g/mol. The van der Waals surface area contributed by atoms with Crippen LogP contribution in [-0.2, 0) is 6.42 Å². The molecule has 1 unspecified atom stereocenters. The van der Waals surface area contributed by atoms with E-state index in [9.17, 15) is 0 Å². The summed E-state index contributed by atoms with van der Waals surface area (Å²) >= 11 is 0. The number of methoxy groups -OCH3 is 1. The molecule has 0 bridgehead atoms. The lowest BCUT2D eigenvalue weighted by Gasteiger charge is -2.30. The molecule has 1 fully saturated rings. The van der Waals surface area contributed by atoms with Crippen molar-refractivity contribution in [2.75, 3.05) is 14.2 Å². The summed E-state index contributed by atoms with van der Waals surface area (Å²) < 4.78 is 5.46. The zero-order chi connectivity index (χ0) is 13.0. The predicted molar refractivity (Wildman–Crippen MR) is 76.2 cm³/mol. The number of nitrogens with one attached hydrogen (secondary N) is 1. The number of hydrogen-bond acceptors (Lipinski definition) is 2. The average Bonchev–Trinajstić information content (AvgIpc) is 2.32. The first kappa shape index (κ1) is 13.4. The Hall–Kier alpha value is -1.02.